The minimum Gasteiger partial charge on any atom is -0.462 e. The third-order valence-electron chi connectivity index (χ3n) is 4.64. The summed E-state index contributed by atoms with van der Waals surface area (Å²) in [4.78, 5) is 29.5. The molecule has 0 atom stereocenters. The molecule has 5 heteroatoms. The molecule has 0 aliphatic rings. The molecule has 0 unspecified atom stereocenters. The molecule has 0 saturated carbocycles. The number of hydrogen-bond donors (Lipinski definition) is 0. The zero-order valence-corrected chi connectivity index (χ0v) is 18.1. The van der Waals surface area contributed by atoms with Crippen LogP contribution in [0.2, 0.25) is 0 Å². The smallest absolute Gasteiger partial charge is 0.343 e. The number of carbonyl (C=O) groups is 2. The number of para-hydroxylation sites is 1. The number of pyridine rings is 1. The van der Waals surface area contributed by atoms with E-state index in [0.717, 1.165) is 24.1 Å². The second-order valence-corrected chi connectivity index (χ2v) is 7.76. The molecule has 0 radical (unpaired) electrons. The van der Waals surface area contributed by atoms with Crippen molar-refractivity contribution in [2.75, 3.05) is 6.61 Å². The lowest BCUT2D eigenvalue weighted by atomic mass is 10.1. The number of aromatic nitrogens is 1. The molecule has 160 valence electrons. The van der Waals surface area contributed by atoms with E-state index in [1.807, 2.05) is 38.2 Å². The predicted molar refractivity (Wildman–Crippen MR) is 120 cm³/mol. The monoisotopic (exact) mass is 417 g/mol. The van der Waals surface area contributed by atoms with Gasteiger partial charge in [0.25, 0.3) is 0 Å². The van der Waals surface area contributed by atoms with Crippen LogP contribution in [-0.2, 0) is 11.2 Å². The highest BCUT2D eigenvalue weighted by Gasteiger charge is 2.17. The first-order chi connectivity index (χ1) is 15.0. The highest BCUT2D eigenvalue weighted by atomic mass is 16.5. The van der Waals surface area contributed by atoms with Crippen molar-refractivity contribution in [2.24, 2.45) is 5.92 Å². The number of nitrogens with zero attached hydrogens (tertiary/aromatic N) is 1. The van der Waals surface area contributed by atoms with Gasteiger partial charge in [-0.1, -0.05) is 57.5 Å². The number of esters is 2. The number of benzene rings is 2. The van der Waals surface area contributed by atoms with Gasteiger partial charge in [0, 0.05) is 11.8 Å². The van der Waals surface area contributed by atoms with Crippen LogP contribution in [0.3, 0.4) is 0 Å². The predicted octanol–water partition coefficient (Wildman–Crippen LogP) is 5.73. The van der Waals surface area contributed by atoms with E-state index in [2.05, 4.69) is 18.0 Å². The molecule has 0 amide bonds. The minimum absolute atomic E-state index is 0.179. The van der Waals surface area contributed by atoms with Gasteiger partial charge in [0.05, 0.1) is 17.9 Å². The van der Waals surface area contributed by atoms with Crippen LogP contribution in [0.5, 0.6) is 5.75 Å². The summed E-state index contributed by atoms with van der Waals surface area (Å²) in [5.74, 6) is -0.653. The Morgan fingerprint density at radius 1 is 0.935 bits per heavy atom. The van der Waals surface area contributed by atoms with Gasteiger partial charge < -0.3 is 9.47 Å². The summed E-state index contributed by atoms with van der Waals surface area (Å²) >= 11 is 0. The quantitative estimate of drug-likeness (QED) is 0.346. The maximum atomic E-state index is 12.6. The Labute approximate surface area is 183 Å². The molecule has 31 heavy (non-hydrogen) atoms. The minimum atomic E-state index is -0.540. The van der Waals surface area contributed by atoms with Gasteiger partial charge in [-0.2, -0.15) is 0 Å². The van der Waals surface area contributed by atoms with Gasteiger partial charge >= 0.3 is 11.9 Å². The van der Waals surface area contributed by atoms with Crippen LogP contribution in [0.15, 0.2) is 66.9 Å². The average molecular weight is 418 g/mol. The molecular weight excluding hydrogens is 390 g/mol. The van der Waals surface area contributed by atoms with Crippen molar-refractivity contribution < 1.29 is 19.1 Å². The van der Waals surface area contributed by atoms with Gasteiger partial charge in [-0.3, -0.25) is 4.98 Å². The van der Waals surface area contributed by atoms with Gasteiger partial charge in [-0.05, 0) is 48.2 Å². The Morgan fingerprint density at radius 2 is 1.68 bits per heavy atom. The Bertz CT molecular complexity index is 1020. The molecule has 3 aromatic rings. The van der Waals surface area contributed by atoms with E-state index in [1.54, 1.807) is 36.4 Å². The highest BCUT2D eigenvalue weighted by Crippen LogP contribution is 2.22. The molecule has 0 aliphatic carbocycles. The Hall–Kier alpha value is -3.47. The lowest BCUT2D eigenvalue weighted by molar-refractivity contribution is 0.0454. The molecule has 3 rings (SSSR count). The van der Waals surface area contributed by atoms with E-state index in [-0.39, 0.29) is 17.2 Å². The van der Waals surface area contributed by atoms with E-state index >= 15 is 0 Å². The standard InChI is InChI=1S/C26H27NO4/c1-4-7-19-10-15-23(27-16-19)20-11-13-21(14-12-20)25(28)31-24-9-6-5-8-22(24)26(29)30-17-18(2)3/h5-6,8-16,18H,4,7,17H2,1-3H3. The molecule has 1 aromatic heterocycles. The maximum Gasteiger partial charge on any atom is 0.343 e. The fraction of sp³-hybridized carbons (Fsp3) is 0.269. The second-order valence-electron chi connectivity index (χ2n) is 7.76. The third kappa shape index (κ3) is 6.01. The van der Waals surface area contributed by atoms with Crippen molar-refractivity contribution in [1.29, 1.82) is 0 Å². The van der Waals surface area contributed by atoms with Crippen molar-refractivity contribution in [1.82, 2.24) is 4.98 Å². The molecule has 0 bridgehead atoms. The first-order valence-electron chi connectivity index (χ1n) is 10.5. The summed E-state index contributed by atoms with van der Waals surface area (Å²) < 4.78 is 10.8. The van der Waals surface area contributed by atoms with Crippen molar-refractivity contribution in [3.8, 4) is 17.0 Å². The summed E-state index contributed by atoms with van der Waals surface area (Å²) in [7, 11) is 0. The largest absolute Gasteiger partial charge is 0.462 e. The van der Waals surface area contributed by atoms with Crippen molar-refractivity contribution in [3.05, 3.63) is 83.6 Å². The number of rotatable bonds is 8. The summed E-state index contributed by atoms with van der Waals surface area (Å²) in [6.45, 7) is 6.35. The van der Waals surface area contributed by atoms with Gasteiger partial charge in [-0.25, -0.2) is 9.59 Å². The molecule has 0 saturated heterocycles. The molecule has 0 spiro atoms. The fourth-order valence-corrected chi connectivity index (χ4v) is 3.01. The molecular formula is C26H27NO4. The second kappa shape index (κ2) is 10.5. The SMILES string of the molecule is CCCc1ccc(-c2ccc(C(=O)Oc3ccccc3C(=O)OCC(C)C)cc2)nc1. The zero-order chi connectivity index (χ0) is 22.2. The van der Waals surface area contributed by atoms with Crippen LogP contribution >= 0.6 is 0 Å². The summed E-state index contributed by atoms with van der Waals surface area (Å²) in [6, 6.07) is 17.7. The number of aryl methyl sites for hydroxylation is 1. The fourth-order valence-electron chi connectivity index (χ4n) is 3.01. The molecule has 0 N–H and O–H groups in total. The molecule has 2 aromatic carbocycles. The van der Waals surface area contributed by atoms with Crippen molar-refractivity contribution in [2.45, 2.75) is 33.6 Å². The lowest BCUT2D eigenvalue weighted by Crippen LogP contribution is -2.14. The van der Waals surface area contributed by atoms with E-state index in [0.29, 0.717) is 12.2 Å². The van der Waals surface area contributed by atoms with E-state index in [9.17, 15) is 9.59 Å². The van der Waals surface area contributed by atoms with E-state index in [1.165, 1.54) is 5.56 Å². The average Bonchev–Trinajstić information content (AvgIpc) is 2.78. The number of ether oxygens (including phenoxy) is 2. The van der Waals surface area contributed by atoms with Crippen LogP contribution in [0.4, 0.5) is 0 Å². The molecule has 0 fully saturated rings. The number of hydrogen-bond acceptors (Lipinski definition) is 5. The van der Waals surface area contributed by atoms with Crippen LogP contribution in [0.1, 0.15) is 53.5 Å². The topological polar surface area (TPSA) is 65.5 Å². The summed E-state index contributed by atoms with van der Waals surface area (Å²) in [5.41, 5.74) is 3.58. The maximum absolute atomic E-state index is 12.6. The Balaban J connectivity index is 1.71. The lowest BCUT2D eigenvalue weighted by Gasteiger charge is -2.11. The van der Waals surface area contributed by atoms with Crippen molar-refractivity contribution in [3.63, 3.8) is 0 Å². The zero-order valence-electron chi connectivity index (χ0n) is 18.1. The van der Waals surface area contributed by atoms with Crippen LogP contribution in [0, 0.1) is 5.92 Å². The van der Waals surface area contributed by atoms with Gasteiger partial charge in [0.2, 0.25) is 0 Å². The first kappa shape index (κ1) is 22.2. The molecule has 5 nitrogen and oxygen atoms in total. The van der Waals surface area contributed by atoms with Gasteiger partial charge in [0.15, 0.2) is 0 Å². The van der Waals surface area contributed by atoms with E-state index in [4.69, 9.17) is 9.47 Å². The summed E-state index contributed by atoms with van der Waals surface area (Å²) in [5, 5.41) is 0. The highest BCUT2D eigenvalue weighted by molar-refractivity contribution is 5.96. The molecule has 1 heterocycles. The van der Waals surface area contributed by atoms with Gasteiger partial charge in [0.1, 0.15) is 11.3 Å². The van der Waals surface area contributed by atoms with Crippen LogP contribution < -0.4 is 4.74 Å². The number of carbonyl (C=O) groups excluding carboxylic acids is 2. The first-order valence-corrected chi connectivity index (χ1v) is 10.5. The molecule has 0 aliphatic heterocycles. The van der Waals surface area contributed by atoms with Crippen LogP contribution in [-0.4, -0.2) is 23.5 Å². The van der Waals surface area contributed by atoms with E-state index < -0.39 is 11.9 Å². The van der Waals surface area contributed by atoms with Crippen LogP contribution in [0.25, 0.3) is 11.3 Å². The van der Waals surface area contributed by atoms with Gasteiger partial charge in [-0.15, -0.1) is 0 Å². The summed E-state index contributed by atoms with van der Waals surface area (Å²) in [6.07, 6.45) is 3.97. The third-order valence-corrected chi connectivity index (χ3v) is 4.64. The van der Waals surface area contributed by atoms with Crippen molar-refractivity contribution >= 4 is 11.9 Å². The Kier molecular flexibility index (Phi) is 7.55. The normalized spacial score (nSPS) is 10.7. The Morgan fingerprint density at radius 3 is 2.32 bits per heavy atom.